The van der Waals surface area contributed by atoms with Crippen LogP contribution in [0.1, 0.15) is 21.5 Å². The fraction of sp³-hybridized carbons (Fsp3) is 0.125. The molecule has 2 heterocycles. The van der Waals surface area contributed by atoms with Crippen LogP contribution < -0.4 is 4.74 Å². The third kappa shape index (κ3) is 2.55. The van der Waals surface area contributed by atoms with Crippen LogP contribution in [0.2, 0.25) is 0 Å². The number of carbonyl (C=O) groups excluding carboxylic acids is 1. The van der Waals surface area contributed by atoms with E-state index in [-0.39, 0.29) is 5.78 Å². The summed E-state index contributed by atoms with van der Waals surface area (Å²) in [7, 11) is 0. The van der Waals surface area contributed by atoms with Gasteiger partial charge in [-0.15, -0.1) is 0 Å². The minimum atomic E-state index is -0.00134. The summed E-state index contributed by atoms with van der Waals surface area (Å²) in [5.74, 6) is 0.895. The molecule has 3 nitrogen and oxygen atoms in total. The molecule has 0 N–H and O–H groups in total. The van der Waals surface area contributed by atoms with Crippen LogP contribution in [0.3, 0.4) is 0 Å². The Labute approximate surface area is 111 Å². The van der Waals surface area contributed by atoms with Gasteiger partial charge < -0.3 is 4.74 Å². The number of benzene rings is 1. The summed E-state index contributed by atoms with van der Waals surface area (Å²) < 4.78 is 5.42. The van der Waals surface area contributed by atoms with Crippen molar-refractivity contribution < 1.29 is 9.53 Å². The van der Waals surface area contributed by atoms with Crippen molar-refractivity contribution in [3.8, 4) is 5.75 Å². The highest BCUT2D eigenvalue weighted by atomic mass is 16.5. The van der Waals surface area contributed by atoms with Gasteiger partial charge in [0.25, 0.3) is 0 Å². The Morgan fingerprint density at radius 1 is 1.32 bits per heavy atom. The van der Waals surface area contributed by atoms with Crippen molar-refractivity contribution in [2.24, 2.45) is 0 Å². The van der Waals surface area contributed by atoms with Crippen molar-refractivity contribution in [3.63, 3.8) is 0 Å². The molecule has 0 saturated heterocycles. The molecule has 0 amide bonds. The fourth-order valence-corrected chi connectivity index (χ4v) is 2.08. The lowest BCUT2D eigenvalue weighted by molar-refractivity contribution is 0.104. The monoisotopic (exact) mass is 251 g/mol. The van der Waals surface area contributed by atoms with Gasteiger partial charge in [0.15, 0.2) is 5.78 Å². The van der Waals surface area contributed by atoms with E-state index in [1.54, 1.807) is 30.6 Å². The standard InChI is InChI=1S/C16H13NO2/c18-15(5-3-12-2-1-8-17-11-12)13-4-6-16-14(10-13)7-9-19-16/h1-6,8,10-11H,7,9H2/b5-3+. The summed E-state index contributed by atoms with van der Waals surface area (Å²) in [6, 6.07) is 9.34. The number of ketones is 1. The highest BCUT2D eigenvalue weighted by Gasteiger charge is 2.13. The number of ether oxygens (including phenoxy) is 1. The Morgan fingerprint density at radius 2 is 2.26 bits per heavy atom. The van der Waals surface area contributed by atoms with Gasteiger partial charge in [0.1, 0.15) is 5.75 Å². The number of rotatable bonds is 3. The molecule has 3 heteroatoms. The van der Waals surface area contributed by atoms with Crippen LogP contribution in [0.15, 0.2) is 48.8 Å². The van der Waals surface area contributed by atoms with Gasteiger partial charge in [0, 0.05) is 24.4 Å². The van der Waals surface area contributed by atoms with Gasteiger partial charge in [-0.3, -0.25) is 9.78 Å². The number of hydrogen-bond acceptors (Lipinski definition) is 3. The van der Waals surface area contributed by atoms with Gasteiger partial charge in [-0.05, 0) is 47.5 Å². The molecule has 1 aromatic heterocycles. The summed E-state index contributed by atoms with van der Waals surface area (Å²) in [5, 5.41) is 0. The molecule has 0 aliphatic carbocycles. The number of nitrogens with zero attached hydrogens (tertiary/aromatic N) is 1. The number of pyridine rings is 1. The molecular formula is C16H13NO2. The second-order valence-corrected chi connectivity index (χ2v) is 4.40. The minimum Gasteiger partial charge on any atom is -0.493 e. The molecule has 0 saturated carbocycles. The molecule has 1 aliphatic rings. The minimum absolute atomic E-state index is 0.00134. The highest BCUT2D eigenvalue weighted by molar-refractivity contribution is 6.07. The summed E-state index contributed by atoms with van der Waals surface area (Å²) in [5.41, 5.74) is 2.73. The van der Waals surface area contributed by atoms with Crippen LogP contribution in [0.5, 0.6) is 5.75 Å². The SMILES string of the molecule is O=C(/C=C/c1cccnc1)c1ccc2c(c1)CCO2. The predicted octanol–water partition coefficient (Wildman–Crippen LogP) is 2.91. The van der Waals surface area contributed by atoms with Crippen molar-refractivity contribution in [1.82, 2.24) is 4.98 Å². The zero-order chi connectivity index (χ0) is 13.1. The van der Waals surface area contributed by atoms with E-state index in [9.17, 15) is 4.79 Å². The van der Waals surface area contributed by atoms with Gasteiger partial charge in [-0.25, -0.2) is 0 Å². The van der Waals surface area contributed by atoms with E-state index >= 15 is 0 Å². The molecule has 3 rings (SSSR count). The Kier molecular flexibility index (Phi) is 3.11. The first-order chi connectivity index (χ1) is 9.33. The second kappa shape index (κ2) is 5.06. The number of fused-ring (bicyclic) bond motifs is 1. The molecular weight excluding hydrogens is 238 g/mol. The van der Waals surface area contributed by atoms with E-state index in [1.165, 1.54) is 0 Å². The van der Waals surface area contributed by atoms with Crippen molar-refractivity contribution in [1.29, 1.82) is 0 Å². The summed E-state index contributed by atoms with van der Waals surface area (Å²) >= 11 is 0. The van der Waals surface area contributed by atoms with Crippen molar-refractivity contribution >= 4 is 11.9 Å². The molecule has 0 atom stereocenters. The van der Waals surface area contributed by atoms with Crippen LogP contribution >= 0.6 is 0 Å². The summed E-state index contributed by atoms with van der Waals surface area (Å²) in [4.78, 5) is 16.1. The smallest absolute Gasteiger partial charge is 0.185 e. The molecule has 0 radical (unpaired) electrons. The van der Waals surface area contributed by atoms with E-state index in [1.807, 2.05) is 24.3 Å². The Hall–Kier alpha value is -2.42. The van der Waals surface area contributed by atoms with Gasteiger partial charge in [-0.1, -0.05) is 6.07 Å². The van der Waals surface area contributed by atoms with Crippen LogP contribution in [0.25, 0.3) is 6.08 Å². The number of carbonyl (C=O) groups is 1. The number of allylic oxidation sites excluding steroid dienone is 1. The maximum Gasteiger partial charge on any atom is 0.185 e. The quantitative estimate of drug-likeness (QED) is 0.622. The molecule has 1 aromatic carbocycles. The fourth-order valence-electron chi connectivity index (χ4n) is 2.08. The Balaban J connectivity index is 1.79. The molecule has 94 valence electrons. The average molecular weight is 251 g/mol. The molecule has 0 bridgehead atoms. The highest BCUT2D eigenvalue weighted by Crippen LogP contribution is 2.26. The lowest BCUT2D eigenvalue weighted by Crippen LogP contribution is -1.95. The first-order valence-corrected chi connectivity index (χ1v) is 6.21. The molecule has 0 spiro atoms. The predicted molar refractivity (Wildman–Crippen MR) is 73.2 cm³/mol. The maximum absolute atomic E-state index is 12.1. The van der Waals surface area contributed by atoms with E-state index < -0.39 is 0 Å². The average Bonchev–Trinajstić information content (AvgIpc) is 2.93. The third-order valence-electron chi connectivity index (χ3n) is 3.09. The van der Waals surface area contributed by atoms with Gasteiger partial charge in [-0.2, -0.15) is 0 Å². The molecule has 0 fully saturated rings. The van der Waals surface area contributed by atoms with E-state index in [2.05, 4.69) is 4.98 Å². The normalized spacial score (nSPS) is 13.3. The number of aromatic nitrogens is 1. The van der Waals surface area contributed by atoms with Crippen LogP contribution in [0.4, 0.5) is 0 Å². The van der Waals surface area contributed by atoms with Crippen LogP contribution in [0, 0.1) is 0 Å². The van der Waals surface area contributed by atoms with Gasteiger partial charge in [0.05, 0.1) is 6.61 Å². The zero-order valence-corrected chi connectivity index (χ0v) is 10.4. The lowest BCUT2D eigenvalue weighted by Gasteiger charge is -2.00. The van der Waals surface area contributed by atoms with Crippen molar-refractivity contribution in [2.45, 2.75) is 6.42 Å². The van der Waals surface area contributed by atoms with Gasteiger partial charge in [0.2, 0.25) is 0 Å². The topological polar surface area (TPSA) is 39.2 Å². The van der Waals surface area contributed by atoms with E-state index in [4.69, 9.17) is 4.74 Å². The zero-order valence-electron chi connectivity index (χ0n) is 10.4. The third-order valence-corrected chi connectivity index (χ3v) is 3.09. The first kappa shape index (κ1) is 11.7. The summed E-state index contributed by atoms with van der Waals surface area (Å²) in [6.45, 7) is 0.707. The van der Waals surface area contributed by atoms with E-state index in [0.29, 0.717) is 12.2 Å². The summed E-state index contributed by atoms with van der Waals surface area (Å²) in [6.07, 6.45) is 7.66. The maximum atomic E-state index is 12.1. The van der Waals surface area contributed by atoms with Crippen molar-refractivity contribution in [3.05, 3.63) is 65.5 Å². The number of hydrogen-bond donors (Lipinski definition) is 0. The largest absolute Gasteiger partial charge is 0.493 e. The molecule has 1 aliphatic heterocycles. The van der Waals surface area contributed by atoms with E-state index in [0.717, 1.165) is 23.3 Å². The Bertz CT molecular complexity index is 632. The first-order valence-electron chi connectivity index (χ1n) is 6.21. The van der Waals surface area contributed by atoms with Crippen LogP contribution in [-0.4, -0.2) is 17.4 Å². The lowest BCUT2D eigenvalue weighted by atomic mass is 10.0. The second-order valence-electron chi connectivity index (χ2n) is 4.40. The molecule has 19 heavy (non-hydrogen) atoms. The van der Waals surface area contributed by atoms with Crippen molar-refractivity contribution in [2.75, 3.05) is 6.61 Å². The Morgan fingerprint density at radius 3 is 3.11 bits per heavy atom. The van der Waals surface area contributed by atoms with Gasteiger partial charge >= 0.3 is 0 Å². The van der Waals surface area contributed by atoms with Crippen LogP contribution in [-0.2, 0) is 6.42 Å². The molecule has 0 unspecified atom stereocenters. The molecule has 2 aromatic rings.